The summed E-state index contributed by atoms with van der Waals surface area (Å²) in [6.45, 7) is 4.08. The normalized spacial score (nSPS) is 11.7. The molecule has 0 spiro atoms. The number of sulfonamides is 1. The van der Waals surface area contributed by atoms with Gasteiger partial charge in [-0.2, -0.15) is 0 Å². The molecule has 0 fully saturated rings. The van der Waals surface area contributed by atoms with Crippen LogP contribution in [0.5, 0.6) is 0 Å². The summed E-state index contributed by atoms with van der Waals surface area (Å²) in [6.07, 6.45) is 0. The molecule has 2 aromatic rings. The van der Waals surface area contributed by atoms with Crippen molar-refractivity contribution in [2.24, 2.45) is 0 Å². The molecule has 0 heterocycles. The van der Waals surface area contributed by atoms with Crippen molar-refractivity contribution in [3.05, 3.63) is 59.9 Å². The second-order valence-electron chi connectivity index (χ2n) is 5.18. The highest BCUT2D eigenvalue weighted by Gasteiger charge is 2.22. The summed E-state index contributed by atoms with van der Waals surface area (Å²) in [5, 5.41) is 0. The molecule has 21 heavy (non-hydrogen) atoms. The Morgan fingerprint density at radius 2 is 1.71 bits per heavy atom. The highest BCUT2D eigenvalue weighted by Crippen LogP contribution is 2.25. The van der Waals surface area contributed by atoms with E-state index >= 15 is 0 Å². The molecule has 2 aromatic carbocycles. The highest BCUT2D eigenvalue weighted by atomic mass is 32.2. The molecule has 112 valence electrons. The molecule has 0 aromatic heterocycles. The lowest BCUT2D eigenvalue weighted by Crippen LogP contribution is -2.26. The molecule has 0 bridgehead atoms. The second-order valence-corrected chi connectivity index (χ2v) is 7.15. The van der Waals surface area contributed by atoms with Gasteiger partial charge in [-0.15, -0.1) is 0 Å². The van der Waals surface area contributed by atoms with E-state index in [1.165, 1.54) is 29.6 Å². The molecule has 0 saturated carbocycles. The lowest BCUT2D eigenvalue weighted by molar-refractivity contribution is 0.589. The molecular weight excluding hydrogens is 289 g/mol. The third kappa shape index (κ3) is 3.24. The minimum absolute atomic E-state index is 0.0556. The Hall–Kier alpha value is -1.88. The maximum absolute atomic E-state index is 13.3. The maximum atomic E-state index is 13.3. The van der Waals surface area contributed by atoms with E-state index in [0.29, 0.717) is 11.6 Å². The molecule has 2 rings (SSSR count). The molecule has 0 amide bonds. The van der Waals surface area contributed by atoms with Crippen LogP contribution in [0.4, 0.5) is 10.1 Å². The van der Waals surface area contributed by atoms with Crippen LogP contribution in [0, 0.1) is 5.82 Å². The van der Waals surface area contributed by atoms with Gasteiger partial charge in [-0.05, 0) is 41.8 Å². The minimum Gasteiger partial charge on any atom is -0.269 e. The standard InChI is InChI=1S/C16H18FNO2S/c1-12(2)13-6-4-8-15(10-13)18(3)21(19,20)16-9-5-7-14(17)11-16/h4-12H,1-3H3. The van der Waals surface area contributed by atoms with Crippen LogP contribution in [-0.4, -0.2) is 15.5 Å². The van der Waals surface area contributed by atoms with Crippen molar-refractivity contribution < 1.29 is 12.8 Å². The number of hydrogen-bond donors (Lipinski definition) is 0. The summed E-state index contributed by atoms with van der Waals surface area (Å²) in [7, 11) is -2.29. The molecule has 0 N–H and O–H groups in total. The number of rotatable bonds is 4. The number of halogens is 1. The zero-order chi connectivity index (χ0) is 15.6. The van der Waals surface area contributed by atoms with Crippen LogP contribution < -0.4 is 4.31 Å². The first kappa shape index (κ1) is 15.5. The SMILES string of the molecule is CC(C)c1cccc(N(C)S(=O)(=O)c2cccc(F)c2)c1. The largest absolute Gasteiger partial charge is 0.269 e. The summed E-state index contributed by atoms with van der Waals surface area (Å²) in [5.74, 6) is -0.268. The van der Waals surface area contributed by atoms with Gasteiger partial charge < -0.3 is 0 Å². The third-order valence-corrected chi connectivity index (χ3v) is 5.14. The Morgan fingerprint density at radius 1 is 1.05 bits per heavy atom. The van der Waals surface area contributed by atoms with Gasteiger partial charge in [-0.1, -0.05) is 32.0 Å². The highest BCUT2D eigenvalue weighted by molar-refractivity contribution is 7.92. The van der Waals surface area contributed by atoms with Crippen molar-refractivity contribution in [3.63, 3.8) is 0 Å². The first-order valence-electron chi connectivity index (χ1n) is 6.67. The topological polar surface area (TPSA) is 37.4 Å². The van der Waals surface area contributed by atoms with E-state index in [1.54, 1.807) is 6.07 Å². The average Bonchev–Trinajstić information content (AvgIpc) is 2.46. The zero-order valence-corrected chi connectivity index (χ0v) is 13.1. The molecule has 0 radical (unpaired) electrons. The smallest absolute Gasteiger partial charge is 0.264 e. The van der Waals surface area contributed by atoms with E-state index in [1.807, 2.05) is 32.0 Å². The summed E-state index contributed by atoms with van der Waals surface area (Å²) >= 11 is 0. The van der Waals surface area contributed by atoms with Gasteiger partial charge in [0.2, 0.25) is 0 Å². The number of nitrogens with zero attached hydrogens (tertiary/aromatic N) is 1. The van der Waals surface area contributed by atoms with Crippen molar-refractivity contribution in [2.45, 2.75) is 24.7 Å². The van der Waals surface area contributed by atoms with E-state index in [0.717, 1.165) is 11.6 Å². The molecule has 0 aliphatic carbocycles. The lowest BCUT2D eigenvalue weighted by Gasteiger charge is -2.20. The van der Waals surface area contributed by atoms with Crippen LogP contribution in [0.3, 0.4) is 0 Å². The zero-order valence-electron chi connectivity index (χ0n) is 12.2. The average molecular weight is 307 g/mol. The van der Waals surface area contributed by atoms with Crippen LogP contribution >= 0.6 is 0 Å². The second kappa shape index (κ2) is 5.85. The predicted octanol–water partition coefficient (Wildman–Crippen LogP) is 3.77. The lowest BCUT2D eigenvalue weighted by atomic mass is 10.0. The van der Waals surface area contributed by atoms with Gasteiger partial charge in [-0.25, -0.2) is 12.8 Å². The van der Waals surface area contributed by atoms with Gasteiger partial charge in [0.15, 0.2) is 0 Å². The van der Waals surface area contributed by atoms with Crippen molar-refractivity contribution in [1.82, 2.24) is 0 Å². The summed E-state index contributed by atoms with van der Waals surface area (Å²) < 4.78 is 39.5. The number of benzene rings is 2. The molecule has 0 unspecified atom stereocenters. The molecule has 0 saturated heterocycles. The fourth-order valence-electron chi connectivity index (χ4n) is 2.00. The molecule has 0 atom stereocenters. The van der Waals surface area contributed by atoms with Crippen molar-refractivity contribution in [2.75, 3.05) is 11.4 Å². The maximum Gasteiger partial charge on any atom is 0.264 e. The fourth-order valence-corrected chi connectivity index (χ4v) is 3.22. The summed E-state index contributed by atoms with van der Waals surface area (Å²) in [4.78, 5) is -0.0556. The van der Waals surface area contributed by atoms with Crippen LogP contribution in [0.2, 0.25) is 0 Å². The Labute approximate surface area is 125 Å². The van der Waals surface area contributed by atoms with Crippen LogP contribution in [-0.2, 0) is 10.0 Å². The van der Waals surface area contributed by atoms with E-state index in [4.69, 9.17) is 0 Å². The Balaban J connectivity index is 2.43. The van der Waals surface area contributed by atoms with Crippen LogP contribution in [0.1, 0.15) is 25.3 Å². The summed E-state index contributed by atoms with van der Waals surface area (Å²) in [5.41, 5.74) is 1.61. The van der Waals surface area contributed by atoms with Gasteiger partial charge in [-0.3, -0.25) is 4.31 Å². The van der Waals surface area contributed by atoms with E-state index in [2.05, 4.69) is 0 Å². The van der Waals surface area contributed by atoms with Crippen LogP contribution in [0.15, 0.2) is 53.4 Å². The Kier molecular flexibility index (Phi) is 4.32. The van der Waals surface area contributed by atoms with Gasteiger partial charge >= 0.3 is 0 Å². The summed E-state index contributed by atoms with van der Waals surface area (Å²) in [6, 6.07) is 12.4. The molecule has 0 aliphatic heterocycles. The Morgan fingerprint density at radius 3 is 2.33 bits per heavy atom. The third-order valence-electron chi connectivity index (χ3n) is 3.35. The Bertz CT molecular complexity index is 741. The van der Waals surface area contributed by atoms with Crippen LogP contribution in [0.25, 0.3) is 0 Å². The van der Waals surface area contributed by atoms with Gasteiger partial charge in [0, 0.05) is 7.05 Å². The molecule has 5 heteroatoms. The predicted molar refractivity (Wildman–Crippen MR) is 82.5 cm³/mol. The first-order valence-corrected chi connectivity index (χ1v) is 8.11. The molecular formula is C16H18FNO2S. The monoisotopic (exact) mass is 307 g/mol. The van der Waals surface area contributed by atoms with Crippen molar-refractivity contribution in [3.8, 4) is 0 Å². The molecule has 3 nitrogen and oxygen atoms in total. The molecule has 0 aliphatic rings. The van der Waals surface area contributed by atoms with Gasteiger partial charge in [0.25, 0.3) is 10.0 Å². The minimum atomic E-state index is -3.76. The number of anilines is 1. The fraction of sp³-hybridized carbons (Fsp3) is 0.250. The number of hydrogen-bond acceptors (Lipinski definition) is 2. The van der Waals surface area contributed by atoms with Gasteiger partial charge in [0.05, 0.1) is 10.6 Å². The first-order chi connectivity index (χ1) is 9.82. The van der Waals surface area contributed by atoms with Crippen molar-refractivity contribution >= 4 is 15.7 Å². The van der Waals surface area contributed by atoms with E-state index in [-0.39, 0.29) is 4.90 Å². The quantitative estimate of drug-likeness (QED) is 0.862. The van der Waals surface area contributed by atoms with Gasteiger partial charge in [0.1, 0.15) is 5.82 Å². The van der Waals surface area contributed by atoms with E-state index in [9.17, 15) is 12.8 Å². The van der Waals surface area contributed by atoms with E-state index < -0.39 is 15.8 Å². The van der Waals surface area contributed by atoms with Crippen molar-refractivity contribution in [1.29, 1.82) is 0 Å².